The number of hydrogen-bond donors (Lipinski definition) is 2. The Hall–Kier alpha value is -0.160. The zero-order chi connectivity index (χ0) is 12.4. The van der Waals surface area contributed by atoms with Crippen LogP contribution in [0.2, 0.25) is 0 Å². The Morgan fingerprint density at radius 1 is 1.06 bits per heavy atom. The third-order valence-electron chi connectivity index (χ3n) is 3.32. The van der Waals surface area contributed by atoms with E-state index in [9.17, 15) is 5.11 Å². The molecule has 4 nitrogen and oxygen atoms in total. The van der Waals surface area contributed by atoms with E-state index in [0.717, 1.165) is 26.2 Å². The maximum Gasteiger partial charge on any atom is 0.0867 e. The van der Waals surface area contributed by atoms with Crippen LogP contribution in [0.4, 0.5) is 0 Å². The normalized spacial score (nSPS) is 24.4. The summed E-state index contributed by atoms with van der Waals surface area (Å²) >= 11 is 0. The number of aliphatic hydroxyl groups is 1. The number of hydrogen-bond acceptors (Lipinski definition) is 4. The summed E-state index contributed by atoms with van der Waals surface area (Å²) in [5, 5.41) is 9.92. The molecule has 0 bridgehead atoms. The second kappa shape index (κ2) is 5.00. The Balaban J connectivity index is 2.38. The molecule has 0 aromatic rings. The maximum absolute atomic E-state index is 9.92. The highest BCUT2D eigenvalue weighted by Crippen LogP contribution is 2.16. The van der Waals surface area contributed by atoms with E-state index < -0.39 is 5.60 Å². The van der Waals surface area contributed by atoms with Gasteiger partial charge in [0.1, 0.15) is 0 Å². The van der Waals surface area contributed by atoms with E-state index in [0.29, 0.717) is 13.1 Å². The molecule has 3 N–H and O–H groups in total. The third kappa shape index (κ3) is 4.01. The van der Waals surface area contributed by atoms with Crippen LogP contribution in [-0.4, -0.2) is 65.3 Å². The molecule has 1 aliphatic rings. The molecule has 1 fully saturated rings. The van der Waals surface area contributed by atoms with Gasteiger partial charge in [-0.3, -0.25) is 9.80 Å². The first-order chi connectivity index (χ1) is 7.24. The van der Waals surface area contributed by atoms with Crippen molar-refractivity contribution < 1.29 is 5.11 Å². The Morgan fingerprint density at radius 3 is 1.94 bits per heavy atom. The summed E-state index contributed by atoms with van der Waals surface area (Å²) in [4.78, 5) is 4.79. The lowest BCUT2D eigenvalue weighted by atomic mass is 10.0. The van der Waals surface area contributed by atoms with Gasteiger partial charge in [-0.2, -0.15) is 0 Å². The predicted octanol–water partition coefficient (Wildman–Crippen LogP) is 0.112. The molecular weight excluding hydrogens is 202 g/mol. The average molecular weight is 229 g/mol. The van der Waals surface area contributed by atoms with Gasteiger partial charge < -0.3 is 10.8 Å². The van der Waals surface area contributed by atoms with Crippen molar-refractivity contribution in [3.8, 4) is 0 Å². The number of β-amino-alcohol motifs (C(OH)–C–C–N with tert-alkyl or cyclic N) is 1. The second-order valence-corrected chi connectivity index (χ2v) is 6.14. The van der Waals surface area contributed by atoms with Crippen LogP contribution in [0.1, 0.15) is 27.7 Å². The van der Waals surface area contributed by atoms with Crippen molar-refractivity contribution in [2.45, 2.75) is 38.8 Å². The largest absolute Gasteiger partial charge is 0.388 e. The van der Waals surface area contributed by atoms with Gasteiger partial charge in [0.25, 0.3) is 0 Å². The first-order valence-electron chi connectivity index (χ1n) is 6.14. The van der Waals surface area contributed by atoms with Crippen molar-refractivity contribution in [1.82, 2.24) is 9.80 Å². The molecule has 16 heavy (non-hydrogen) atoms. The molecule has 0 aromatic heterocycles. The predicted molar refractivity (Wildman–Crippen MR) is 67.4 cm³/mol. The lowest BCUT2D eigenvalue weighted by Crippen LogP contribution is -2.56. The standard InChI is InChI=1S/C12H27N3O/c1-11(2,3)15-7-5-14(6-8-15)10-12(4,16)9-13/h16H,5-10,13H2,1-4H3. The van der Waals surface area contributed by atoms with Gasteiger partial charge in [-0.15, -0.1) is 0 Å². The van der Waals surface area contributed by atoms with Crippen molar-refractivity contribution >= 4 is 0 Å². The second-order valence-electron chi connectivity index (χ2n) is 6.14. The molecule has 1 saturated heterocycles. The van der Waals surface area contributed by atoms with E-state index in [4.69, 9.17) is 5.73 Å². The minimum Gasteiger partial charge on any atom is -0.388 e. The van der Waals surface area contributed by atoms with Gasteiger partial charge in [-0.05, 0) is 27.7 Å². The van der Waals surface area contributed by atoms with E-state index in [1.807, 2.05) is 6.92 Å². The van der Waals surface area contributed by atoms with Crippen molar-refractivity contribution in [2.75, 3.05) is 39.3 Å². The summed E-state index contributed by atoms with van der Waals surface area (Å²) in [6, 6.07) is 0. The molecule has 1 rings (SSSR count). The molecule has 0 amide bonds. The van der Waals surface area contributed by atoms with Crippen LogP contribution < -0.4 is 5.73 Å². The molecule has 0 aromatic carbocycles. The van der Waals surface area contributed by atoms with Crippen LogP contribution in [0.25, 0.3) is 0 Å². The molecule has 1 atom stereocenters. The Labute approximate surface area is 99.4 Å². The zero-order valence-electron chi connectivity index (χ0n) is 11.2. The fourth-order valence-electron chi connectivity index (χ4n) is 2.12. The smallest absolute Gasteiger partial charge is 0.0867 e. The van der Waals surface area contributed by atoms with Gasteiger partial charge in [0.15, 0.2) is 0 Å². The Bertz CT molecular complexity index is 215. The van der Waals surface area contributed by atoms with E-state index in [-0.39, 0.29) is 5.54 Å². The van der Waals surface area contributed by atoms with Crippen molar-refractivity contribution in [3.63, 3.8) is 0 Å². The van der Waals surface area contributed by atoms with Crippen LogP contribution in [0.15, 0.2) is 0 Å². The number of nitrogens with zero attached hydrogens (tertiary/aromatic N) is 2. The van der Waals surface area contributed by atoms with Crippen molar-refractivity contribution in [1.29, 1.82) is 0 Å². The van der Waals surface area contributed by atoms with Crippen LogP contribution >= 0.6 is 0 Å². The van der Waals surface area contributed by atoms with Crippen LogP contribution in [0, 0.1) is 0 Å². The van der Waals surface area contributed by atoms with Crippen LogP contribution in [0.3, 0.4) is 0 Å². The highest BCUT2D eigenvalue weighted by Gasteiger charge is 2.29. The number of nitrogens with two attached hydrogens (primary N) is 1. The summed E-state index contributed by atoms with van der Waals surface area (Å²) in [6.07, 6.45) is 0. The Kier molecular flexibility index (Phi) is 4.35. The summed E-state index contributed by atoms with van der Waals surface area (Å²) in [5.41, 5.74) is 5.04. The summed E-state index contributed by atoms with van der Waals surface area (Å²) in [5.74, 6) is 0. The molecular formula is C12H27N3O. The number of rotatable bonds is 3. The first-order valence-corrected chi connectivity index (χ1v) is 6.14. The number of piperazine rings is 1. The van der Waals surface area contributed by atoms with Gasteiger partial charge in [-0.1, -0.05) is 0 Å². The lowest BCUT2D eigenvalue weighted by molar-refractivity contribution is -0.00339. The topological polar surface area (TPSA) is 52.7 Å². The highest BCUT2D eigenvalue weighted by molar-refractivity contribution is 4.85. The van der Waals surface area contributed by atoms with E-state index in [1.165, 1.54) is 0 Å². The SMILES string of the molecule is CC(O)(CN)CN1CCN(C(C)(C)C)CC1. The van der Waals surface area contributed by atoms with Crippen molar-refractivity contribution in [2.24, 2.45) is 5.73 Å². The fourth-order valence-corrected chi connectivity index (χ4v) is 2.12. The fraction of sp³-hybridized carbons (Fsp3) is 1.00. The monoisotopic (exact) mass is 229 g/mol. The van der Waals surface area contributed by atoms with Gasteiger partial charge in [0, 0.05) is 44.8 Å². The summed E-state index contributed by atoms with van der Waals surface area (Å²) < 4.78 is 0. The van der Waals surface area contributed by atoms with Crippen LogP contribution in [0.5, 0.6) is 0 Å². The molecule has 4 heteroatoms. The molecule has 0 aliphatic carbocycles. The molecule has 0 spiro atoms. The molecule has 1 unspecified atom stereocenters. The van der Waals surface area contributed by atoms with E-state index >= 15 is 0 Å². The first kappa shape index (κ1) is 13.9. The molecule has 96 valence electrons. The maximum atomic E-state index is 9.92. The van der Waals surface area contributed by atoms with E-state index in [2.05, 4.69) is 30.6 Å². The average Bonchev–Trinajstić information content (AvgIpc) is 2.16. The minimum atomic E-state index is -0.746. The van der Waals surface area contributed by atoms with Gasteiger partial charge in [-0.25, -0.2) is 0 Å². The van der Waals surface area contributed by atoms with E-state index in [1.54, 1.807) is 0 Å². The van der Waals surface area contributed by atoms with Crippen molar-refractivity contribution in [3.05, 3.63) is 0 Å². The minimum absolute atomic E-state index is 0.252. The quantitative estimate of drug-likeness (QED) is 0.721. The highest BCUT2D eigenvalue weighted by atomic mass is 16.3. The molecule has 0 saturated carbocycles. The lowest BCUT2D eigenvalue weighted by Gasteiger charge is -2.43. The Morgan fingerprint density at radius 2 is 1.56 bits per heavy atom. The summed E-state index contributed by atoms with van der Waals surface area (Å²) in [7, 11) is 0. The van der Waals surface area contributed by atoms with Gasteiger partial charge in [0.2, 0.25) is 0 Å². The van der Waals surface area contributed by atoms with Gasteiger partial charge in [0.05, 0.1) is 5.60 Å². The van der Waals surface area contributed by atoms with Gasteiger partial charge >= 0.3 is 0 Å². The van der Waals surface area contributed by atoms with Crippen LogP contribution in [-0.2, 0) is 0 Å². The molecule has 1 aliphatic heterocycles. The molecule has 0 radical (unpaired) electrons. The molecule has 1 heterocycles. The zero-order valence-corrected chi connectivity index (χ0v) is 11.2. The summed E-state index contributed by atoms with van der Waals surface area (Å²) in [6.45, 7) is 13.8. The third-order valence-corrected chi connectivity index (χ3v) is 3.32.